The van der Waals surface area contributed by atoms with Crippen LogP contribution in [0, 0.1) is 0 Å². The molecule has 0 rings (SSSR count). The molecule has 0 bridgehead atoms. The predicted octanol–water partition coefficient (Wildman–Crippen LogP) is -2.49. The van der Waals surface area contributed by atoms with Crippen molar-refractivity contribution in [2.75, 3.05) is 0 Å². The van der Waals surface area contributed by atoms with Gasteiger partial charge in [0.2, 0.25) is 0 Å². The Kier molecular flexibility index (Phi) is 56.4. The maximum atomic E-state index is 8.58. The van der Waals surface area contributed by atoms with E-state index in [1.54, 1.807) is 0 Å². The van der Waals surface area contributed by atoms with Gasteiger partial charge in [-0.25, -0.2) is 0 Å². The standard InChI is InChI=1S/2AsHO2.Ca/c2*2-1-3;/h2*(H,2,3);. The van der Waals surface area contributed by atoms with E-state index < -0.39 is 32.1 Å². The minimum atomic E-state index is -1.56. The van der Waals surface area contributed by atoms with Crippen molar-refractivity contribution in [1.29, 1.82) is 0 Å². The molecule has 0 spiro atoms. The van der Waals surface area contributed by atoms with Gasteiger partial charge in [0.1, 0.15) is 0 Å². The summed E-state index contributed by atoms with van der Waals surface area (Å²) in [7, 11) is 0. The van der Waals surface area contributed by atoms with Gasteiger partial charge in [-0.15, -0.1) is 0 Å². The van der Waals surface area contributed by atoms with Gasteiger partial charge >= 0.3 is 47.7 Å². The maximum absolute atomic E-state index is 8.58. The monoisotopic (exact) mass is 256 g/mol. The average Bonchev–Trinajstić information content (AvgIpc) is 1.39. The molecule has 0 aromatic rings. The quantitative estimate of drug-likeness (QED) is 0.470. The molecular weight excluding hydrogens is 254 g/mol. The summed E-state index contributed by atoms with van der Waals surface area (Å²) < 4.78 is 31.4. The van der Waals surface area contributed by atoms with Gasteiger partial charge in [-0.1, -0.05) is 0 Å². The molecule has 7 heteroatoms. The molecule has 38 valence electrons. The summed E-state index contributed by atoms with van der Waals surface area (Å²) >= 11 is -3.12. The molecule has 0 saturated carbocycles. The van der Waals surface area contributed by atoms with E-state index in [1.165, 1.54) is 0 Å². The van der Waals surface area contributed by atoms with E-state index in [0.717, 1.165) is 0 Å². The van der Waals surface area contributed by atoms with E-state index in [-0.39, 0.29) is 37.7 Å². The van der Waals surface area contributed by atoms with E-state index in [1.807, 2.05) is 0 Å². The SMILES string of the molecule is O=[As]O.O=[As]O.[Ca]. The van der Waals surface area contributed by atoms with Gasteiger partial charge < -0.3 is 0 Å². The van der Waals surface area contributed by atoms with Gasteiger partial charge in [0.05, 0.1) is 0 Å². The Balaban J connectivity index is -0.0000000400. The first-order valence-electron chi connectivity index (χ1n) is 0.765. The zero-order valence-electron chi connectivity index (χ0n) is 3.31. The van der Waals surface area contributed by atoms with Crippen LogP contribution in [-0.4, -0.2) is 78.0 Å². The minimum absolute atomic E-state index is 0. The van der Waals surface area contributed by atoms with E-state index in [2.05, 4.69) is 0 Å². The van der Waals surface area contributed by atoms with Gasteiger partial charge in [0.25, 0.3) is 0 Å². The molecular formula is H2As2CaO4. The Morgan fingerprint density at radius 2 is 1.00 bits per heavy atom. The van der Waals surface area contributed by atoms with E-state index in [4.69, 9.17) is 15.7 Å². The van der Waals surface area contributed by atoms with Crippen LogP contribution in [0.3, 0.4) is 0 Å². The molecule has 7 heavy (non-hydrogen) atoms. The molecule has 0 heterocycles. The fourth-order valence-electron chi connectivity index (χ4n) is 0. The summed E-state index contributed by atoms with van der Waals surface area (Å²) in [5.74, 6) is 0. The molecule has 0 amide bonds. The summed E-state index contributed by atoms with van der Waals surface area (Å²) in [6, 6.07) is 0. The van der Waals surface area contributed by atoms with Crippen LogP contribution in [0.25, 0.3) is 0 Å². The zero-order chi connectivity index (χ0) is 5.41. The predicted molar refractivity (Wildman–Crippen MR) is 23.1 cm³/mol. The van der Waals surface area contributed by atoms with E-state index in [0.29, 0.717) is 0 Å². The normalized spacial score (nSPS) is 6.00. The molecule has 0 aliphatic heterocycles. The molecule has 0 aromatic heterocycles. The Hall–Kier alpha value is 1.90. The molecule has 0 atom stereocenters. The number of hydrogen-bond acceptors (Lipinski definition) is 2. The largest absolute Gasteiger partial charge is 0 e. The molecule has 2 radical (unpaired) electrons. The third kappa shape index (κ3) is 76.3. The summed E-state index contributed by atoms with van der Waals surface area (Å²) in [6.07, 6.45) is 0. The van der Waals surface area contributed by atoms with Crippen LogP contribution in [0.5, 0.6) is 0 Å². The van der Waals surface area contributed by atoms with Crippen molar-refractivity contribution in [3.63, 3.8) is 0 Å². The molecule has 0 aliphatic rings. The molecule has 0 aromatic carbocycles. The van der Waals surface area contributed by atoms with Crippen LogP contribution in [0.4, 0.5) is 0 Å². The van der Waals surface area contributed by atoms with Gasteiger partial charge in [-0.2, -0.15) is 0 Å². The van der Waals surface area contributed by atoms with Crippen LogP contribution in [0.1, 0.15) is 0 Å². The summed E-state index contributed by atoms with van der Waals surface area (Å²) in [5, 5.41) is 0. The maximum Gasteiger partial charge on any atom is 0 e. The van der Waals surface area contributed by atoms with Crippen molar-refractivity contribution >= 4 is 69.8 Å². The minimum Gasteiger partial charge on any atom is 0 e. The second kappa shape index (κ2) is 24.7. The topological polar surface area (TPSA) is 74.6 Å². The third-order valence-corrected chi connectivity index (χ3v) is 0. The summed E-state index contributed by atoms with van der Waals surface area (Å²) in [6.45, 7) is 0. The fraction of sp³-hybridized carbons (Fsp3) is 0. The van der Waals surface area contributed by atoms with Gasteiger partial charge in [0, 0.05) is 37.7 Å². The van der Waals surface area contributed by atoms with Gasteiger partial charge in [-0.3, -0.25) is 0 Å². The number of rotatable bonds is 0. The molecule has 2 N–H and O–H groups in total. The molecule has 0 aliphatic carbocycles. The molecule has 0 saturated heterocycles. The Labute approximate surface area is 84.2 Å². The second-order valence-corrected chi connectivity index (χ2v) is 0.849. The van der Waals surface area contributed by atoms with Crippen molar-refractivity contribution in [2.45, 2.75) is 0 Å². The number of hydrogen-bond donors (Lipinski definition) is 2. The van der Waals surface area contributed by atoms with Crippen molar-refractivity contribution < 1.29 is 15.7 Å². The Morgan fingerprint density at radius 3 is 1.00 bits per heavy atom. The van der Waals surface area contributed by atoms with E-state index >= 15 is 0 Å². The summed E-state index contributed by atoms with van der Waals surface area (Å²) in [5.41, 5.74) is 0. The van der Waals surface area contributed by atoms with Gasteiger partial charge in [0.15, 0.2) is 0 Å². The smallest absolute Gasteiger partial charge is 0 e. The van der Waals surface area contributed by atoms with Crippen molar-refractivity contribution in [1.82, 2.24) is 0 Å². The van der Waals surface area contributed by atoms with Crippen molar-refractivity contribution in [2.24, 2.45) is 0 Å². The fourth-order valence-corrected chi connectivity index (χ4v) is 0. The van der Waals surface area contributed by atoms with Crippen molar-refractivity contribution in [3.8, 4) is 0 Å². The van der Waals surface area contributed by atoms with Crippen LogP contribution in [-0.2, 0) is 7.48 Å². The first-order valence-corrected chi connectivity index (χ1v) is 3.98. The van der Waals surface area contributed by atoms with Crippen LogP contribution < -0.4 is 0 Å². The van der Waals surface area contributed by atoms with E-state index in [9.17, 15) is 0 Å². The molecule has 4 nitrogen and oxygen atoms in total. The third-order valence-electron chi connectivity index (χ3n) is 0. The first kappa shape index (κ1) is 16.0. The van der Waals surface area contributed by atoms with Crippen molar-refractivity contribution in [3.05, 3.63) is 0 Å². The van der Waals surface area contributed by atoms with Crippen LogP contribution in [0.2, 0.25) is 0 Å². The molecule has 0 unspecified atom stereocenters. The van der Waals surface area contributed by atoms with Gasteiger partial charge in [-0.05, 0) is 0 Å². The average molecular weight is 256 g/mol. The first-order chi connectivity index (χ1) is 2.83. The van der Waals surface area contributed by atoms with Crippen LogP contribution in [0.15, 0.2) is 0 Å². The molecule has 0 fully saturated rings. The zero-order valence-corrected chi connectivity index (χ0v) is 9.27. The Bertz CT molecular complexity index is 30.7. The summed E-state index contributed by atoms with van der Waals surface area (Å²) in [4.78, 5) is 0. The van der Waals surface area contributed by atoms with Crippen LogP contribution >= 0.6 is 0 Å². The second-order valence-electron chi connectivity index (χ2n) is 0.163. The Morgan fingerprint density at radius 1 is 1.00 bits per heavy atom.